The maximum absolute atomic E-state index is 11.9. The Morgan fingerprint density at radius 2 is 2.00 bits per heavy atom. The van der Waals surface area contributed by atoms with Crippen LogP contribution in [0.15, 0.2) is 18.2 Å². The van der Waals surface area contributed by atoms with Crippen LogP contribution in [-0.4, -0.2) is 9.72 Å². The minimum absolute atomic E-state index is 0.00685. The van der Waals surface area contributed by atoms with Crippen molar-refractivity contribution in [2.45, 2.75) is 12.4 Å². The quantitative estimate of drug-likeness (QED) is 0.814. The van der Waals surface area contributed by atoms with Gasteiger partial charge >= 0.3 is 16.6 Å². The topological polar surface area (TPSA) is 26.3 Å². The molecule has 0 fully saturated rings. The zero-order chi connectivity index (χ0) is 11.6. The summed E-state index contributed by atoms with van der Waals surface area (Å²) in [6.07, 6.45) is 0. The van der Waals surface area contributed by atoms with E-state index >= 15 is 0 Å². The smallest absolute Gasteiger partial charge is 0.393 e. The summed E-state index contributed by atoms with van der Waals surface area (Å²) >= 11 is 2.21. The van der Waals surface area contributed by atoms with Crippen LogP contribution in [0.3, 0.4) is 0 Å². The maximum atomic E-state index is 11.9. The molecule has 84 valence electrons. The van der Waals surface area contributed by atoms with Crippen molar-refractivity contribution >= 4 is 22.7 Å². The summed E-state index contributed by atoms with van der Waals surface area (Å²) in [5, 5.41) is -0.00685. The number of hydrogen-bond donors (Lipinski definition) is 0. The van der Waals surface area contributed by atoms with Gasteiger partial charge in [-0.05, 0) is 24.6 Å². The van der Waals surface area contributed by atoms with Gasteiger partial charge in [-0.15, -0.1) is 0 Å². The van der Waals surface area contributed by atoms with Crippen molar-refractivity contribution in [3.8, 4) is 5.75 Å². The number of hydrogen-bond acceptors (Lipinski definition) is 2. The number of benzene rings is 1. The zero-order valence-corrected chi connectivity index (χ0v) is 9.04. The van der Waals surface area contributed by atoms with E-state index in [1.807, 2.05) is 0 Å². The molecule has 0 spiro atoms. The number of alkyl halides is 3. The van der Waals surface area contributed by atoms with Crippen molar-refractivity contribution in [1.29, 1.82) is 0 Å². The first kappa shape index (κ1) is 12.3. The Kier molecular flexibility index (Phi) is 3.62. The van der Waals surface area contributed by atoms with Gasteiger partial charge in [0.15, 0.2) is 5.75 Å². The van der Waals surface area contributed by atoms with Crippen molar-refractivity contribution in [3.63, 3.8) is 0 Å². The molecule has 0 aliphatic carbocycles. The van der Waals surface area contributed by atoms with Gasteiger partial charge in [-0.1, -0.05) is 17.7 Å². The zero-order valence-electron chi connectivity index (χ0n) is 7.47. The molecule has 1 aromatic carbocycles. The van der Waals surface area contributed by atoms with Gasteiger partial charge in [-0.2, -0.15) is 13.2 Å². The van der Waals surface area contributed by atoms with Crippen LogP contribution in [0.25, 0.3) is 0 Å². The van der Waals surface area contributed by atoms with Crippen molar-refractivity contribution < 1.29 is 21.6 Å². The van der Waals surface area contributed by atoms with Gasteiger partial charge in [0.2, 0.25) is 0 Å². The van der Waals surface area contributed by atoms with Crippen molar-refractivity contribution in [3.05, 3.63) is 28.8 Å². The first-order valence-corrected chi connectivity index (χ1v) is 5.19. The first-order chi connectivity index (χ1) is 6.80. The van der Waals surface area contributed by atoms with Gasteiger partial charge in [-0.25, -0.2) is 4.21 Å². The standard InChI is InChI=1S/C8H6ClF3O2S/c1-5-2-3-7(6(9)4-5)14-15(13)8(10,11)12/h2-4H,1H3. The summed E-state index contributed by atoms with van der Waals surface area (Å²) in [5.74, 6) is -0.252. The van der Waals surface area contributed by atoms with Crippen molar-refractivity contribution in [2.24, 2.45) is 0 Å². The summed E-state index contributed by atoms with van der Waals surface area (Å²) in [5.41, 5.74) is -4.14. The van der Waals surface area contributed by atoms with Crippen LogP contribution in [0.1, 0.15) is 5.56 Å². The molecule has 0 saturated carbocycles. The van der Waals surface area contributed by atoms with E-state index in [0.717, 1.165) is 5.56 Å². The highest BCUT2D eigenvalue weighted by atomic mass is 35.5. The maximum Gasteiger partial charge on any atom is 0.508 e. The van der Waals surface area contributed by atoms with Crippen LogP contribution in [0.4, 0.5) is 13.2 Å². The molecule has 0 aliphatic heterocycles. The van der Waals surface area contributed by atoms with Crippen molar-refractivity contribution in [2.75, 3.05) is 0 Å². The average molecular weight is 259 g/mol. The molecule has 0 heterocycles. The Balaban J connectivity index is 2.87. The molecule has 15 heavy (non-hydrogen) atoms. The number of halogens is 4. The molecule has 0 N–H and O–H groups in total. The van der Waals surface area contributed by atoms with Gasteiger partial charge in [0.25, 0.3) is 0 Å². The van der Waals surface area contributed by atoms with E-state index in [4.69, 9.17) is 11.6 Å². The van der Waals surface area contributed by atoms with Crippen LogP contribution in [0, 0.1) is 6.92 Å². The fraction of sp³-hybridized carbons (Fsp3) is 0.250. The minimum atomic E-state index is -4.91. The normalized spacial score (nSPS) is 13.7. The summed E-state index contributed by atoms with van der Waals surface area (Å²) in [7, 11) is 0. The Bertz CT molecular complexity index is 392. The minimum Gasteiger partial charge on any atom is -0.393 e. The predicted molar refractivity (Wildman–Crippen MR) is 51.0 cm³/mol. The van der Waals surface area contributed by atoms with Crippen LogP contribution >= 0.6 is 11.6 Å². The van der Waals surface area contributed by atoms with Gasteiger partial charge in [0.05, 0.1) is 5.02 Å². The third-order valence-corrected chi connectivity index (χ3v) is 2.45. The van der Waals surface area contributed by atoms with E-state index in [1.54, 1.807) is 6.92 Å². The van der Waals surface area contributed by atoms with Gasteiger partial charge < -0.3 is 4.18 Å². The van der Waals surface area contributed by atoms with Gasteiger partial charge in [0, 0.05) is 0 Å². The first-order valence-electron chi connectivity index (χ1n) is 3.74. The molecule has 0 bridgehead atoms. The Morgan fingerprint density at radius 1 is 1.40 bits per heavy atom. The van der Waals surface area contributed by atoms with E-state index in [9.17, 15) is 17.4 Å². The highest BCUT2D eigenvalue weighted by molar-refractivity contribution is 7.81. The van der Waals surface area contributed by atoms with Gasteiger partial charge in [-0.3, -0.25) is 0 Å². The van der Waals surface area contributed by atoms with E-state index in [1.165, 1.54) is 18.2 Å². The molecule has 0 aliphatic rings. The molecule has 0 radical (unpaired) electrons. The molecule has 1 aromatic rings. The van der Waals surface area contributed by atoms with Crippen LogP contribution in [0.2, 0.25) is 5.02 Å². The van der Waals surface area contributed by atoms with E-state index in [-0.39, 0.29) is 10.8 Å². The van der Waals surface area contributed by atoms with E-state index in [0.29, 0.717) is 0 Å². The molecule has 0 saturated heterocycles. The number of rotatable bonds is 2. The number of aryl methyl sites for hydroxylation is 1. The molecule has 2 nitrogen and oxygen atoms in total. The molecule has 1 rings (SSSR count). The molecule has 1 atom stereocenters. The lowest BCUT2D eigenvalue weighted by atomic mass is 10.2. The van der Waals surface area contributed by atoms with E-state index in [2.05, 4.69) is 4.18 Å². The fourth-order valence-electron chi connectivity index (χ4n) is 0.802. The molecular formula is C8H6ClF3O2S. The Labute approximate surface area is 91.7 Å². The monoisotopic (exact) mass is 258 g/mol. The average Bonchev–Trinajstić information content (AvgIpc) is 2.08. The third-order valence-electron chi connectivity index (χ3n) is 1.44. The summed E-state index contributed by atoms with van der Waals surface area (Å²) < 4.78 is 50.4. The summed E-state index contributed by atoms with van der Waals surface area (Å²) in [6.45, 7) is 1.72. The highest BCUT2D eigenvalue weighted by Crippen LogP contribution is 2.29. The van der Waals surface area contributed by atoms with E-state index < -0.39 is 16.6 Å². The lowest BCUT2D eigenvalue weighted by molar-refractivity contribution is -0.0437. The summed E-state index contributed by atoms with van der Waals surface area (Å²) in [6, 6.07) is 4.17. The lowest BCUT2D eigenvalue weighted by Crippen LogP contribution is -2.21. The molecular weight excluding hydrogens is 253 g/mol. The molecule has 1 unspecified atom stereocenters. The predicted octanol–water partition coefficient (Wildman–Crippen LogP) is 3.21. The SMILES string of the molecule is Cc1ccc(OS(=O)C(F)(F)F)c(Cl)c1. The summed E-state index contributed by atoms with van der Waals surface area (Å²) in [4.78, 5) is 0. The second-order valence-corrected chi connectivity index (χ2v) is 4.20. The largest absolute Gasteiger partial charge is 0.508 e. The third kappa shape index (κ3) is 3.39. The molecule has 7 heteroatoms. The van der Waals surface area contributed by atoms with Gasteiger partial charge in [0.1, 0.15) is 0 Å². The Hall–Kier alpha value is -0.750. The second-order valence-electron chi connectivity index (χ2n) is 2.70. The fourth-order valence-corrected chi connectivity index (χ4v) is 1.52. The lowest BCUT2D eigenvalue weighted by Gasteiger charge is -2.08. The second kappa shape index (κ2) is 4.40. The molecule has 0 amide bonds. The van der Waals surface area contributed by atoms with Crippen molar-refractivity contribution in [1.82, 2.24) is 0 Å². The molecule has 0 aromatic heterocycles. The van der Waals surface area contributed by atoms with Crippen LogP contribution in [-0.2, 0) is 11.1 Å². The highest BCUT2D eigenvalue weighted by Gasteiger charge is 2.40. The van der Waals surface area contributed by atoms with Crippen LogP contribution < -0.4 is 4.18 Å². The van der Waals surface area contributed by atoms with Crippen LogP contribution in [0.5, 0.6) is 5.75 Å². The Morgan fingerprint density at radius 3 is 2.47 bits per heavy atom.